The second-order valence-electron chi connectivity index (χ2n) is 5.97. The quantitative estimate of drug-likeness (QED) is 0.809. The van der Waals surface area contributed by atoms with E-state index in [9.17, 15) is 4.79 Å². The maximum atomic E-state index is 12.0. The number of rotatable bonds is 2. The number of halogens is 1. The Morgan fingerprint density at radius 1 is 1.21 bits per heavy atom. The first-order valence-corrected chi connectivity index (χ1v) is 7.79. The zero-order valence-corrected chi connectivity index (χ0v) is 13.0. The van der Waals surface area contributed by atoms with Crippen LogP contribution in [0.2, 0.25) is 0 Å². The number of aryl methyl sites for hydroxylation is 2. The van der Waals surface area contributed by atoms with Crippen LogP contribution in [0, 0.1) is 19.3 Å². The molecule has 2 saturated carbocycles. The number of Topliss-reactive ketones (excluding diaryl/α,β-unsaturated/α-hetero) is 1. The molecule has 3 rings (SSSR count). The van der Waals surface area contributed by atoms with E-state index in [1.807, 2.05) is 0 Å². The van der Waals surface area contributed by atoms with Gasteiger partial charge in [-0.15, -0.1) is 0 Å². The van der Waals surface area contributed by atoms with Crippen molar-refractivity contribution < 1.29 is 9.53 Å². The van der Waals surface area contributed by atoms with Gasteiger partial charge in [0.25, 0.3) is 0 Å². The summed E-state index contributed by atoms with van der Waals surface area (Å²) >= 11 is 3.57. The molecule has 0 aromatic heterocycles. The number of hydrogen-bond donors (Lipinski definition) is 0. The van der Waals surface area contributed by atoms with E-state index in [1.165, 1.54) is 24.0 Å². The van der Waals surface area contributed by atoms with E-state index < -0.39 is 0 Å². The monoisotopic (exact) mass is 322 g/mol. The first kappa shape index (κ1) is 13.2. The van der Waals surface area contributed by atoms with Crippen LogP contribution >= 0.6 is 15.9 Å². The summed E-state index contributed by atoms with van der Waals surface area (Å²) in [5, 5.41) is 0. The van der Waals surface area contributed by atoms with Crippen molar-refractivity contribution in [1.29, 1.82) is 0 Å². The van der Waals surface area contributed by atoms with Crippen molar-refractivity contribution in [3.63, 3.8) is 0 Å². The summed E-state index contributed by atoms with van der Waals surface area (Å²) in [6.45, 7) is 4.14. The zero-order chi connectivity index (χ0) is 13.6. The fraction of sp³-hybridized carbons (Fsp3) is 0.562. The molecular formula is C16H19BrO2. The number of ether oxygens (including phenoxy) is 1. The number of hydrogen-bond acceptors (Lipinski definition) is 2. The summed E-state index contributed by atoms with van der Waals surface area (Å²) < 4.78 is 7.27. The van der Waals surface area contributed by atoms with Gasteiger partial charge in [0.05, 0.1) is 5.41 Å². The highest BCUT2D eigenvalue weighted by Crippen LogP contribution is 2.52. The molecule has 2 aliphatic rings. The first-order chi connectivity index (χ1) is 9.03. The summed E-state index contributed by atoms with van der Waals surface area (Å²) in [7, 11) is 0. The molecule has 2 fully saturated rings. The zero-order valence-electron chi connectivity index (χ0n) is 11.5. The average molecular weight is 323 g/mol. The lowest BCUT2D eigenvalue weighted by atomic mass is 9.63. The third kappa shape index (κ3) is 2.03. The molecule has 0 N–H and O–H groups in total. The van der Waals surface area contributed by atoms with Crippen molar-refractivity contribution in [3.05, 3.63) is 27.7 Å². The molecule has 0 saturated heterocycles. The van der Waals surface area contributed by atoms with Crippen LogP contribution in [0.15, 0.2) is 16.6 Å². The molecule has 1 aromatic rings. The van der Waals surface area contributed by atoms with Gasteiger partial charge < -0.3 is 4.74 Å². The molecule has 2 nitrogen and oxygen atoms in total. The van der Waals surface area contributed by atoms with Crippen molar-refractivity contribution in [1.82, 2.24) is 0 Å². The average Bonchev–Trinajstić information content (AvgIpc) is 2.88. The largest absolute Gasteiger partial charge is 0.489 e. The molecule has 19 heavy (non-hydrogen) atoms. The number of carbonyl (C=O) groups is 1. The standard InChI is InChI=1S/C16H19BrO2/c1-10-7-12(8-11(2)15(10)17)19-14-9-13(18)16(14)5-3-4-6-16/h7-8,14H,3-6,9H2,1-2H3. The minimum atomic E-state index is -0.144. The second kappa shape index (κ2) is 4.62. The van der Waals surface area contributed by atoms with Crippen LogP contribution in [0.5, 0.6) is 5.75 Å². The highest BCUT2D eigenvalue weighted by atomic mass is 79.9. The molecule has 1 aromatic carbocycles. The van der Waals surface area contributed by atoms with Crippen molar-refractivity contribution in [3.8, 4) is 5.75 Å². The Bertz CT molecular complexity index is 507. The Balaban J connectivity index is 1.81. The summed E-state index contributed by atoms with van der Waals surface area (Å²) in [5.74, 6) is 1.32. The molecule has 0 heterocycles. The van der Waals surface area contributed by atoms with Crippen LogP contribution in [0.25, 0.3) is 0 Å². The van der Waals surface area contributed by atoms with Crippen molar-refractivity contribution in [2.45, 2.75) is 52.1 Å². The van der Waals surface area contributed by atoms with Gasteiger partial charge in [0.15, 0.2) is 0 Å². The lowest BCUT2D eigenvalue weighted by molar-refractivity contribution is -0.151. The van der Waals surface area contributed by atoms with E-state index in [-0.39, 0.29) is 11.5 Å². The van der Waals surface area contributed by atoms with Gasteiger partial charge in [-0.05, 0) is 49.9 Å². The molecule has 1 atom stereocenters. The highest BCUT2D eigenvalue weighted by molar-refractivity contribution is 9.10. The van der Waals surface area contributed by atoms with Gasteiger partial charge in [-0.3, -0.25) is 4.79 Å². The van der Waals surface area contributed by atoms with Crippen molar-refractivity contribution in [2.24, 2.45) is 5.41 Å². The lowest BCUT2D eigenvalue weighted by Gasteiger charge is -2.44. The number of carbonyl (C=O) groups excluding carboxylic acids is 1. The van der Waals surface area contributed by atoms with Gasteiger partial charge in [0.2, 0.25) is 0 Å². The predicted octanol–water partition coefficient (Wildman–Crippen LogP) is 4.35. The van der Waals surface area contributed by atoms with E-state index in [0.717, 1.165) is 23.1 Å². The van der Waals surface area contributed by atoms with Gasteiger partial charge in [0.1, 0.15) is 17.6 Å². The molecule has 2 aliphatic carbocycles. The normalized spacial score (nSPS) is 24.6. The van der Waals surface area contributed by atoms with Gasteiger partial charge in [-0.1, -0.05) is 28.8 Å². The molecule has 3 heteroatoms. The highest BCUT2D eigenvalue weighted by Gasteiger charge is 2.57. The van der Waals surface area contributed by atoms with E-state index in [2.05, 4.69) is 41.9 Å². The van der Waals surface area contributed by atoms with Gasteiger partial charge in [-0.2, -0.15) is 0 Å². The van der Waals surface area contributed by atoms with Crippen LogP contribution in [-0.2, 0) is 4.79 Å². The molecule has 0 aliphatic heterocycles. The van der Waals surface area contributed by atoms with Crippen LogP contribution in [0.1, 0.15) is 43.2 Å². The summed E-state index contributed by atoms with van der Waals surface area (Å²) in [4.78, 5) is 12.0. The minimum absolute atomic E-state index is 0.0995. The Morgan fingerprint density at radius 2 is 1.79 bits per heavy atom. The van der Waals surface area contributed by atoms with Gasteiger partial charge >= 0.3 is 0 Å². The molecule has 0 radical (unpaired) electrons. The maximum absolute atomic E-state index is 12.0. The number of ketones is 1. The third-order valence-corrected chi connectivity index (χ3v) is 5.98. The maximum Gasteiger partial charge on any atom is 0.146 e. The second-order valence-corrected chi connectivity index (χ2v) is 6.76. The first-order valence-electron chi connectivity index (χ1n) is 7.00. The van der Waals surface area contributed by atoms with Gasteiger partial charge in [0, 0.05) is 10.9 Å². The van der Waals surface area contributed by atoms with E-state index >= 15 is 0 Å². The Morgan fingerprint density at radius 3 is 2.32 bits per heavy atom. The minimum Gasteiger partial charge on any atom is -0.489 e. The fourth-order valence-corrected chi connectivity index (χ4v) is 3.74. The SMILES string of the molecule is Cc1cc(OC2CC(=O)C23CCCC3)cc(C)c1Br. The topological polar surface area (TPSA) is 26.3 Å². The van der Waals surface area contributed by atoms with E-state index in [4.69, 9.17) is 4.74 Å². The van der Waals surface area contributed by atoms with Crippen LogP contribution in [0.3, 0.4) is 0 Å². The lowest BCUT2D eigenvalue weighted by Crippen LogP contribution is -2.55. The number of benzene rings is 1. The third-order valence-electron chi connectivity index (χ3n) is 4.73. The Kier molecular flexibility index (Phi) is 3.20. The van der Waals surface area contributed by atoms with Gasteiger partial charge in [-0.25, -0.2) is 0 Å². The molecule has 1 unspecified atom stereocenters. The molecular weight excluding hydrogens is 304 g/mol. The van der Waals surface area contributed by atoms with E-state index in [0.29, 0.717) is 12.2 Å². The summed E-state index contributed by atoms with van der Waals surface area (Å²) in [6, 6.07) is 4.12. The molecule has 1 spiro atoms. The van der Waals surface area contributed by atoms with Crippen LogP contribution < -0.4 is 4.74 Å². The molecule has 0 amide bonds. The fourth-order valence-electron chi connectivity index (χ4n) is 3.52. The van der Waals surface area contributed by atoms with Crippen LogP contribution in [-0.4, -0.2) is 11.9 Å². The Labute approximate surface area is 122 Å². The molecule has 0 bridgehead atoms. The molecule has 102 valence electrons. The summed E-state index contributed by atoms with van der Waals surface area (Å²) in [6.07, 6.45) is 5.07. The Hall–Kier alpha value is -0.830. The van der Waals surface area contributed by atoms with Crippen LogP contribution in [0.4, 0.5) is 0 Å². The smallest absolute Gasteiger partial charge is 0.146 e. The van der Waals surface area contributed by atoms with Crippen molar-refractivity contribution >= 4 is 21.7 Å². The van der Waals surface area contributed by atoms with Crippen molar-refractivity contribution in [2.75, 3.05) is 0 Å². The summed E-state index contributed by atoms with van der Waals surface area (Å²) in [5.41, 5.74) is 2.22. The van der Waals surface area contributed by atoms with E-state index in [1.54, 1.807) is 0 Å². The predicted molar refractivity (Wildman–Crippen MR) is 78.6 cm³/mol.